The molecular formula is C21H16F4N4O4S. The minimum absolute atomic E-state index is 0.0708. The van der Waals surface area contributed by atoms with Crippen molar-refractivity contribution < 1.29 is 30.7 Å². The fraction of sp³-hybridized carbons (Fsp3) is 0.190. The average Bonchev–Trinajstić information content (AvgIpc) is 3.14. The van der Waals surface area contributed by atoms with Gasteiger partial charge in [-0.3, -0.25) is 0 Å². The Labute approximate surface area is 190 Å². The second kappa shape index (κ2) is 8.24. The first-order valence-corrected chi connectivity index (χ1v) is 11.4. The van der Waals surface area contributed by atoms with Gasteiger partial charge in [0.25, 0.3) is 0 Å². The lowest BCUT2D eigenvalue weighted by Crippen LogP contribution is -2.23. The van der Waals surface area contributed by atoms with Crippen molar-refractivity contribution >= 4 is 15.5 Å². The molecule has 0 unspecified atom stereocenters. The number of halogens is 4. The van der Waals surface area contributed by atoms with Crippen LogP contribution < -0.4 is 10.4 Å². The van der Waals surface area contributed by atoms with Crippen molar-refractivity contribution in [1.82, 2.24) is 19.2 Å². The first kappa shape index (κ1) is 23.4. The predicted octanol–water partition coefficient (Wildman–Crippen LogP) is 3.51. The predicted molar refractivity (Wildman–Crippen MR) is 113 cm³/mol. The Hall–Kier alpha value is -3.74. The molecule has 3 aromatic heterocycles. The van der Waals surface area contributed by atoms with Crippen LogP contribution in [0.5, 0.6) is 5.75 Å². The molecule has 1 aromatic carbocycles. The third-order valence-corrected chi connectivity index (χ3v) is 6.81. The van der Waals surface area contributed by atoms with E-state index in [0.717, 1.165) is 18.2 Å². The van der Waals surface area contributed by atoms with E-state index in [9.17, 15) is 30.8 Å². The smallest absolute Gasteiger partial charge is 0.417 e. The highest BCUT2D eigenvalue weighted by Gasteiger charge is 2.31. The fourth-order valence-corrected chi connectivity index (χ4v) is 4.29. The Kier molecular flexibility index (Phi) is 5.67. The van der Waals surface area contributed by atoms with E-state index in [1.54, 1.807) is 0 Å². The molecule has 0 radical (unpaired) electrons. The molecule has 0 bridgehead atoms. The number of hydrogen-bond acceptors (Lipinski definition) is 6. The monoisotopic (exact) mass is 496 g/mol. The zero-order valence-corrected chi connectivity index (χ0v) is 18.5. The van der Waals surface area contributed by atoms with Crippen LogP contribution in [0.15, 0.2) is 58.5 Å². The van der Waals surface area contributed by atoms with Gasteiger partial charge >= 0.3 is 11.9 Å². The fourth-order valence-electron chi connectivity index (χ4n) is 3.26. The molecule has 8 nitrogen and oxygen atoms in total. The van der Waals surface area contributed by atoms with E-state index >= 15 is 0 Å². The van der Waals surface area contributed by atoms with E-state index in [0.29, 0.717) is 20.8 Å². The lowest BCUT2D eigenvalue weighted by molar-refractivity contribution is -0.137. The third kappa shape index (κ3) is 4.02. The van der Waals surface area contributed by atoms with Crippen LogP contribution in [0.2, 0.25) is 0 Å². The van der Waals surface area contributed by atoms with Gasteiger partial charge in [0.05, 0.1) is 18.4 Å². The standard InChI is InChI=1S/C21H16F4N4O4S/c1-3-34(31,32)17-9-13(12-4-6-15(22)16(8-12)33-2)10-26-19(17)29-20(30)28-11-14(21(23,24)25)5-7-18(28)27-29/h4-11H,3H2,1-2H3. The Balaban J connectivity index is 1.94. The minimum Gasteiger partial charge on any atom is -0.494 e. The van der Waals surface area contributed by atoms with E-state index in [1.165, 1.54) is 38.4 Å². The van der Waals surface area contributed by atoms with Gasteiger partial charge in [0.1, 0.15) is 4.90 Å². The number of pyridine rings is 2. The molecule has 0 aliphatic heterocycles. The molecule has 34 heavy (non-hydrogen) atoms. The second-order valence-electron chi connectivity index (χ2n) is 7.14. The summed E-state index contributed by atoms with van der Waals surface area (Å²) in [4.78, 5) is 16.6. The van der Waals surface area contributed by atoms with Gasteiger partial charge < -0.3 is 4.74 Å². The average molecular weight is 496 g/mol. The van der Waals surface area contributed by atoms with Gasteiger partial charge in [-0.1, -0.05) is 13.0 Å². The summed E-state index contributed by atoms with van der Waals surface area (Å²) in [5.74, 6) is -1.41. The van der Waals surface area contributed by atoms with Crippen molar-refractivity contribution in [3.05, 3.63) is 70.7 Å². The molecule has 0 spiro atoms. The SMILES string of the molecule is CCS(=O)(=O)c1cc(-c2ccc(F)c(OC)c2)cnc1-n1nc2ccc(C(F)(F)F)cn2c1=O. The summed E-state index contributed by atoms with van der Waals surface area (Å²) in [7, 11) is -2.70. The summed E-state index contributed by atoms with van der Waals surface area (Å²) in [5, 5.41) is 3.96. The Morgan fingerprint density at radius 2 is 1.82 bits per heavy atom. The lowest BCUT2D eigenvalue weighted by Gasteiger charge is -2.11. The zero-order valence-electron chi connectivity index (χ0n) is 17.7. The molecule has 13 heteroatoms. The topological polar surface area (TPSA) is 95.6 Å². The number of alkyl halides is 3. The maximum absolute atomic E-state index is 13.8. The number of ether oxygens (including phenoxy) is 1. The number of rotatable bonds is 5. The summed E-state index contributed by atoms with van der Waals surface area (Å²) in [6.07, 6.45) is -2.87. The maximum Gasteiger partial charge on any atom is 0.417 e. The number of aromatic nitrogens is 4. The second-order valence-corrected chi connectivity index (χ2v) is 9.38. The van der Waals surface area contributed by atoms with Crippen molar-refractivity contribution in [1.29, 1.82) is 0 Å². The van der Waals surface area contributed by atoms with Crippen LogP contribution in [0.4, 0.5) is 17.6 Å². The van der Waals surface area contributed by atoms with Crippen molar-refractivity contribution in [3.8, 4) is 22.7 Å². The van der Waals surface area contributed by atoms with Crippen molar-refractivity contribution in [2.45, 2.75) is 18.0 Å². The number of hydrogen-bond donors (Lipinski definition) is 0. The zero-order chi connectivity index (χ0) is 24.8. The Bertz CT molecular complexity index is 1580. The highest BCUT2D eigenvalue weighted by atomic mass is 32.2. The van der Waals surface area contributed by atoms with Gasteiger partial charge in [-0.05, 0) is 35.9 Å². The Morgan fingerprint density at radius 3 is 2.47 bits per heavy atom. The number of benzene rings is 1. The van der Waals surface area contributed by atoms with E-state index < -0.39 is 33.1 Å². The molecule has 0 saturated carbocycles. The van der Waals surface area contributed by atoms with Crippen LogP contribution in [-0.4, -0.2) is 40.4 Å². The molecular weight excluding hydrogens is 480 g/mol. The lowest BCUT2D eigenvalue weighted by atomic mass is 10.1. The summed E-state index contributed by atoms with van der Waals surface area (Å²) in [6.45, 7) is 1.38. The maximum atomic E-state index is 13.8. The molecule has 3 heterocycles. The number of nitrogens with zero attached hydrogens (tertiary/aromatic N) is 4. The molecule has 0 aliphatic rings. The first-order chi connectivity index (χ1) is 16.0. The van der Waals surface area contributed by atoms with Crippen LogP contribution in [0.1, 0.15) is 12.5 Å². The van der Waals surface area contributed by atoms with Crippen LogP contribution in [0.3, 0.4) is 0 Å². The van der Waals surface area contributed by atoms with Gasteiger partial charge in [-0.15, -0.1) is 5.10 Å². The highest BCUT2D eigenvalue weighted by molar-refractivity contribution is 7.91. The van der Waals surface area contributed by atoms with E-state index in [4.69, 9.17) is 4.74 Å². The van der Waals surface area contributed by atoms with Crippen LogP contribution >= 0.6 is 0 Å². The molecule has 178 valence electrons. The number of sulfone groups is 1. The third-order valence-electron chi connectivity index (χ3n) is 5.08. The summed E-state index contributed by atoms with van der Waals surface area (Å²) in [5.41, 5.74) is -1.56. The molecule has 0 saturated heterocycles. The quantitative estimate of drug-likeness (QED) is 0.393. The van der Waals surface area contributed by atoms with Crippen molar-refractivity contribution in [3.63, 3.8) is 0 Å². The van der Waals surface area contributed by atoms with Crippen LogP contribution in [0.25, 0.3) is 22.6 Å². The summed E-state index contributed by atoms with van der Waals surface area (Å²) >= 11 is 0. The van der Waals surface area contributed by atoms with Gasteiger partial charge in [0, 0.05) is 18.0 Å². The molecule has 0 N–H and O–H groups in total. The van der Waals surface area contributed by atoms with E-state index in [1.807, 2.05) is 0 Å². The molecule has 0 amide bonds. The van der Waals surface area contributed by atoms with Gasteiger partial charge in [0.2, 0.25) is 0 Å². The van der Waals surface area contributed by atoms with Crippen LogP contribution in [0, 0.1) is 5.82 Å². The van der Waals surface area contributed by atoms with Gasteiger partial charge in [-0.25, -0.2) is 27.0 Å². The highest BCUT2D eigenvalue weighted by Crippen LogP contribution is 2.31. The molecule has 0 atom stereocenters. The molecule has 4 rings (SSSR count). The number of methoxy groups -OCH3 is 1. The van der Waals surface area contributed by atoms with Gasteiger partial charge in [0.15, 0.2) is 32.9 Å². The largest absolute Gasteiger partial charge is 0.494 e. The van der Waals surface area contributed by atoms with Gasteiger partial charge in [-0.2, -0.15) is 17.9 Å². The Morgan fingerprint density at radius 1 is 1.09 bits per heavy atom. The van der Waals surface area contributed by atoms with Crippen LogP contribution in [-0.2, 0) is 16.0 Å². The normalized spacial score (nSPS) is 12.3. The number of fused-ring (bicyclic) bond motifs is 1. The first-order valence-electron chi connectivity index (χ1n) is 9.72. The minimum atomic E-state index is -4.69. The molecule has 0 aliphatic carbocycles. The molecule has 0 fully saturated rings. The van der Waals surface area contributed by atoms with E-state index in [-0.39, 0.29) is 33.4 Å². The molecule has 4 aromatic rings. The van der Waals surface area contributed by atoms with Crippen molar-refractivity contribution in [2.24, 2.45) is 0 Å². The van der Waals surface area contributed by atoms with Crippen molar-refractivity contribution in [2.75, 3.05) is 12.9 Å². The summed E-state index contributed by atoms with van der Waals surface area (Å²) in [6, 6.07) is 6.88. The summed E-state index contributed by atoms with van der Waals surface area (Å²) < 4.78 is 84.9. The van der Waals surface area contributed by atoms with E-state index in [2.05, 4.69) is 10.1 Å².